The molecule has 2 aliphatic heterocycles. The molecule has 0 bridgehead atoms. The minimum absolute atomic E-state index is 0.152. The molecule has 26 heavy (non-hydrogen) atoms. The monoisotopic (exact) mass is 385 g/mol. The first-order valence-electron chi connectivity index (χ1n) is 8.06. The minimum atomic E-state index is -0.152. The molecule has 5 nitrogen and oxygen atoms in total. The molecule has 0 N–H and O–H groups in total. The van der Waals surface area contributed by atoms with Crippen LogP contribution in [0.2, 0.25) is 0 Å². The third-order valence-corrected chi connectivity index (χ3v) is 5.18. The lowest BCUT2D eigenvalue weighted by atomic mass is 10.2. The second-order valence-corrected chi connectivity index (χ2v) is 7.24. The van der Waals surface area contributed by atoms with Gasteiger partial charge in [0.15, 0.2) is 15.8 Å². The van der Waals surface area contributed by atoms with Gasteiger partial charge in [0.25, 0.3) is 5.91 Å². The highest BCUT2D eigenvalue weighted by Gasteiger charge is 2.34. The molecule has 2 aromatic rings. The number of thioether (sulfide) groups is 1. The Morgan fingerprint density at radius 1 is 1.23 bits per heavy atom. The lowest BCUT2D eigenvalue weighted by Gasteiger charge is -2.14. The summed E-state index contributed by atoms with van der Waals surface area (Å²) < 4.78 is 16.7. The molecule has 0 radical (unpaired) electrons. The molecule has 0 spiro atoms. The highest BCUT2D eigenvalue weighted by atomic mass is 32.2. The van der Waals surface area contributed by atoms with Crippen molar-refractivity contribution in [2.75, 3.05) is 18.3 Å². The highest BCUT2D eigenvalue weighted by molar-refractivity contribution is 8.27. The zero-order chi connectivity index (χ0) is 18.1. The Morgan fingerprint density at radius 2 is 2.08 bits per heavy atom. The van der Waals surface area contributed by atoms with Crippen LogP contribution in [0.25, 0.3) is 6.08 Å². The van der Waals surface area contributed by atoms with E-state index >= 15 is 0 Å². The van der Waals surface area contributed by atoms with Crippen molar-refractivity contribution < 1.29 is 19.0 Å². The summed E-state index contributed by atoms with van der Waals surface area (Å²) in [5.74, 6) is 1.90. The summed E-state index contributed by atoms with van der Waals surface area (Å²) >= 11 is 6.70. The number of carbonyl (C=O) groups excluding carboxylic acids is 1. The Hall–Kier alpha value is -2.51. The van der Waals surface area contributed by atoms with Crippen molar-refractivity contribution >= 4 is 46.0 Å². The number of ether oxygens (including phenoxy) is 3. The van der Waals surface area contributed by atoms with Crippen molar-refractivity contribution in [3.63, 3.8) is 0 Å². The molecular formula is C19H15NO4S2. The predicted molar refractivity (Wildman–Crippen MR) is 106 cm³/mol. The summed E-state index contributed by atoms with van der Waals surface area (Å²) in [6, 6.07) is 13.0. The highest BCUT2D eigenvalue weighted by Crippen LogP contribution is 2.40. The van der Waals surface area contributed by atoms with Gasteiger partial charge in [0.1, 0.15) is 5.75 Å². The van der Waals surface area contributed by atoms with Gasteiger partial charge in [0, 0.05) is 6.07 Å². The van der Waals surface area contributed by atoms with Gasteiger partial charge in [0.2, 0.25) is 6.79 Å². The van der Waals surface area contributed by atoms with E-state index in [1.165, 1.54) is 16.7 Å². The largest absolute Gasteiger partial charge is 0.494 e. The first kappa shape index (κ1) is 16.9. The average molecular weight is 385 g/mol. The van der Waals surface area contributed by atoms with Gasteiger partial charge in [-0.05, 0) is 42.8 Å². The van der Waals surface area contributed by atoms with Crippen LogP contribution in [-0.4, -0.2) is 23.6 Å². The van der Waals surface area contributed by atoms with Crippen LogP contribution in [0.5, 0.6) is 17.2 Å². The third-order valence-electron chi connectivity index (χ3n) is 3.87. The number of rotatable bonds is 4. The smallest absolute Gasteiger partial charge is 0.270 e. The van der Waals surface area contributed by atoms with E-state index < -0.39 is 0 Å². The molecule has 132 valence electrons. The van der Waals surface area contributed by atoms with E-state index in [4.69, 9.17) is 26.4 Å². The lowest BCUT2D eigenvalue weighted by molar-refractivity contribution is -0.113. The Bertz CT molecular complexity index is 926. The fourth-order valence-electron chi connectivity index (χ4n) is 2.73. The second-order valence-electron chi connectivity index (χ2n) is 5.56. The number of anilines is 1. The van der Waals surface area contributed by atoms with Crippen molar-refractivity contribution in [1.82, 2.24) is 0 Å². The molecule has 2 aliphatic rings. The van der Waals surface area contributed by atoms with E-state index in [9.17, 15) is 4.79 Å². The van der Waals surface area contributed by atoms with Gasteiger partial charge in [-0.25, -0.2) is 0 Å². The number of thiocarbonyl (C=S) groups is 1. The van der Waals surface area contributed by atoms with E-state index in [-0.39, 0.29) is 12.7 Å². The van der Waals surface area contributed by atoms with Crippen LogP contribution in [0, 0.1) is 0 Å². The molecule has 0 aliphatic carbocycles. The van der Waals surface area contributed by atoms with Crippen molar-refractivity contribution in [1.29, 1.82) is 0 Å². The van der Waals surface area contributed by atoms with E-state index in [1.807, 2.05) is 37.3 Å². The number of benzene rings is 2. The molecule has 0 atom stereocenters. The summed E-state index contributed by atoms with van der Waals surface area (Å²) in [7, 11) is 0. The van der Waals surface area contributed by atoms with Gasteiger partial charge in [0.05, 0.1) is 17.2 Å². The van der Waals surface area contributed by atoms with Crippen LogP contribution in [0.3, 0.4) is 0 Å². The first-order valence-corrected chi connectivity index (χ1v) is 9.28. The molecule has 1 fully saturated rings. The molecule has 2 aromatic carbocycles. The van der Waals surface area contributed by atoms with Gasteiger partial charge in [-0.2, -0.15) is 0 Å². The van der Waals surface area contributed by atoms with Gasteiger partial charge in [-0.1, -0.05) is 36.1 Å². The number of hydrogen-bond acceptors (Lipinski definition) is 6. The standard InChI is InChI=1S/C19H15NO4S2/c1-2-22-14-5-3-4-12(8-14)9-17-18(21)20(19(25)26-17)13-6-7-15-16(10-13)24-11-23-15/h3-10H,2,11H2,1H3/b17-9-. The Balaban J connectivity index is 1.62. The maximum atomic E-state index is 12.9. The Labute approximate surface area is 160 Å². The van der Waals surface area contributed by atoms with Crippen molar-refractivity contribution in [2.24, 2.45) is 0 Å². The summed E-state index contributed by atoms with van der Waals surface area (Å²) in [6.07, 6.45) is 1.83. The molecule has 0 saturated carbocycles. The first-order chi connectivity index (χ1) is 12.7. The Kier molecular flexibility index (Phi) is 4.57. The number of carbonyl (C=O) groups is 1. The number of amides is 1. The molecular weight excluding hydrogens is 370 g/mol. The maximum absolute atomic E-state index is 12.9. The van der Waals surface area contributed by atoms with Gasteiger partial charge < -0.3 is 14.2 Å². The normalized spacial score (nSPS) is 17.3. The van der Waals surface area contributed by atoms with Gasteiger partial charge in [-0.15, -0.1) is 0 Å². The van der Waals surface area contributed by atoms with Gasteiger partial charge >= 0.3 is 0 Å². The second kappa shape index (κ2) is 7.01. The number of fused-ring (bicyclic) bond motifs is 1. The third kappa shape index (κ3) is 3.15. The topological polar surface area (TPSA) is 48.0 Å². The predicted octanol–water partition coefficient (Wildman–Crippen LogP) is 4.22. The lowest BCUT2D eigenvalue weighted by Crippen LogP contribution is -2.27. The molecule has 1 amide bonds. The van der Waals surface area contributed by atoms with Crippen molar-refractivity contribution in [3.05, 3.63) is 52.9 Å². The quantitative estimate of drug-likeness (QED) is 0.580. The van der Waals surface area contributed by atoms with Crippen LogP contribution in [0.1, 0.15) is 12.5 Å². The fourth-order valence-corrected chi connectivity index (χ4v) is 4.03. The van der Waals surface area contributed by atoms with Crippen molar-refractivity contribution in [2.45, 2.75) is 6.92 Å². The zero-order valence-corrected chi connectivity index (χ0v) is 15.6. The zero-order valence-electron chi connectivity index (χ0n) is 13.9. The van der Waals surface area contributed by atoms with E-state index in [1.54, 1.807) is 18.2 Å². The SMILES string of the molecule is CCOc1cccc(/C=C2\SC(=S)N(c3ccc4c(c3)OCO4)C2=O)c1. The number of hydrogen-bond donors (Lipinski definition) is 0. The van der Waals surface area contributed by atoms with Crippen LogP contribution in [-0.2, 0) is 4.79 Å². The Morgan fingerprint density at radius 3 is 2.92 bits per heavy atom. The van der Waals surface area contributed by atoms with Gasteiger partial charge in [-0.3, -0.25) is 9.69 Å². The molecule has 0 unspecified atom stereocenters. The molecule has 2 heterocycles. The average Bonchev–Trinajstić information content (AvgIpc) is 3.19. The summed E-state index contributed by atoms with van der Waals surface area (Å²) in [6.45, 7) is 2.71. The van der Waals surface area contributed by atoms with Crippen LogP contribution < -0.4 is 19.1 Å². The van der Waals surface area contributed by atoms with Crippen LogP contribution in [0.15, 0.2) is 47.4 Å². The summed E-state index contributed by atoms with van der Waals surface area (Å²) in [4.78, 5) is 15.0. The van der Waals surface area contributed by atoms with E-state index in [2.05, 4.69) is 0 Å². The number of nitrogens with zero attached hydrogens (tertiary/aromatic N) is 1. The van der Waals surface area contributed by atoms with Crippen LogP contribution in [0.4, 0.5) is 5.69 Å². The summed E-state index contributed by atoms with van der Waals surface area (Å²) in [5, 5.41) is 0. The van der Waals surface area contributed by atoms with Crippen LogP contribution >= 0.6 is 24.0 Å². The van der Waals surface area contributed by atoms with E-state index in [0.29, 0.717) is 33.0 Å². The fraction of sp³-hybridized carbons (Fsp3) is 0.158. The molecule has 1 saturated heterocycles. The summed E-state index contributed by atoms with van der Waals surface area (Å²) in [5.41, 5.74) is 1.56. The minimum Gasteiger partial charge on any atom is -0.494 e. The maximum Gasteiger partial charge on any atom is 0.270 e. The molecule has 7 heteroatoms. The van der Waals surface area contributed by atoms with Crippen molar-refractivity contribution in [3.8, 4) is 17.2 Å². The molecule has 0 aromatic heterocycles. The van der Waals surface area contributed by atoms with E-state index in [0.717, 1.165) is 11.3 Å². The molecule has 4 rings (SSSR count).